The van der Waals surface area contributed by atoms with Crippen LogP contribution >= 0.6 is 0 Å². The van der Waals surface area contributed by atoms with Gasteiger partial charge in [-0.15, -0.1) is 0 Å². The van der Waals surface area contributed by atoms with E-state index in [-0.39, 0.29) is 38.6 Å². The Kier molecular flexibility index (Phi) is 42.3. The number of nitrogens with one attached hydrogen (secondary N) is 14. The molecule has 0 saturated carbocycles. The second kappa shape index (κ2) is 50.9. The van der Waals surface area contributed by atoms with Gasteiger partial charge >= 0.3 is 17.9 Å². The Balaban J connectivity index is 0.00000878. The number of nitrogens with two attached hydrogens (primary N) is 6. The molecule has 44 nitrogen and oxygen atoms in total. The SMILES string of the molecule is CC(=O)N[C@@H](CCC(N)=O)C(=O)N[C@@H](CCC(N)=O)C(=O)N[C@@H](CCCNC(=N)N)C(=O)N[C@@H](Cc1ccccc1)C(=O)N[C@@H](CCC(=O)O)C(=O)N[C@@H](Cc1c[nH]c2ccccc12)C(=O)N[C@@H](CCC(=O)O)C(=O)N[C@@H](Cc1ccccc1)C(=O)N[C@@H](CCC(=O)O)C(=O)N[C@@H](CCC(N)=O)C(=O)N[C@@H](CCC(N)=O)C(N)=O.CC(=O)O. The molecule has 4 rings (SSSR count). The molecule has 30 N–H and O–H groups in total. The first-order valence-corrected chi connectivity index (χ1v) is 36.9. The molecule has 0 unspecified atom stereocenters. The van der Waals surface area contributed by atoms with Crippen molar-refractivity contribution in [2.75, 3.05) is 6.54 Å². The van der Waals surface area contributed by atoms with E-state index in [0.717, 1.165) is 13.8 Å². The molecule has 11 atom stereocenters. The number of carboxylic acids is 4. The van der Waals surface area contributed by atoms with Gasteiger partial charge in [-0.05, 0) is 80.5 Å². The van der Waals surface area contributed by atoms with E-state index in [4.69, 9.17) is 49.7 Å². The highest BCUT2D eigenvalue weighted by Gasteiger charge is 2.38. The van der Waals surface area contributed by atoms with Crippen molar-refractivity contribution in [1.82, 2.24) is 68.8 Å². The molecule has 0 spiro atoms. The zero-order chi connectivity index (χ0) is 88.3. The zero-order valence-corrected chi connectivity index (χ0v) is 64.6. The predicted molar refractivity (Wildman–Crippen MR) is 415 cm³/mol. The fourth-order valence-electron chi connectivity index (χ4n) is 11.5. The van der Waals surface area contributed by atoms with Crippen molar-refractivity contribution in [2.24, 2.45) is 34.4 Å². The molecule has 0 radical (unpaired) electrons. The van der Waals surface area contributed by atoms with Gasteiger partial charge in [0.05, 0.1) is 0 Å². The average molecular weight is 1660 g/mol. The van der Waals surface area contributed by atoms with E-state index in [0.29, 0.717) is 27.6 Å². The van der Waals surface area contributed by atoms with Crippen LogP contribution in [0.1, 0.15) is 133 Å². The maximum absolute atomic E-state index is 15.1. The Morgan fingerprint density at radius 3 is 0.907 bits per heavy atom. The lowest BCUT2D eigenvalue weighted by atomic mass is 10.0. The first-order chi connectivity index (χ1) is 55.6. The maximum Gasteiger partial charge on any atom is 0.303 e. The monoisotopic (exact) mass is 1650 g/mol. The Morgan fingerprint density at radius 2 is 0.602 bits per heavy atom. The van der Waals surface area contributed by atoms with E-state index in [1.165, 1.54) is 18.3 Å². The number of amides is 16. The number of benzene rings is 3. The fraction of sp³-hybridized carbons (Fsp3) is 0.446. The molecule has 16 amide bonds. The molecule has 118 heavy (non-hydrogen) atoms. The van der Waals surface area contributed by atoms with Gasteiger partial charge in [-0.1, -0.05) is 78.9 Å². The topological polar surface area (TPSA) is 762 Å². The number of carboxylic acid groups (broad SMARTS) is 4. The third kappa shape index (κ3) is 38.6. The van der Waals surface area contributed by atoms with E-state index in [1.807, 2.05) is 0 Å². The zero-order valence-electron chi connectivity index (χ0n) is 64.6. The molecule has 4 aromatic rings. The van der Waals surface area contributed by atoms with Crippen LogP contribution in [0.3, 0.4) is 0 Å². The van der Waals surface area contributed by atoms with Crippen LogP contribution in [0.5, 0.6) is 0 Å². The Morgan fingerprint density at radius 1 is 0.339 bits per heavy atom. The molecule has 3 aromatic carbocycles. The molecule has 0 saturated heterocycles. The third-order valence-electron chi connectivity index (χ3n) is 17.4. The van der Waals surface area contributed by atoms with Crippen molar-refractivity contribution in [3.8, 4) is 0 Å². The van der Waals surface area contributed by atoms with Gasteiger partial charge in [-0.25, -0.2) is 0 Å². The molecule has 0 aliphatic heterocycles. The van der Waals surface area contributed by atoms with Crippen LogP contribution in [0.15, 0.2) is 91.1 Å². The number of aromatic amines is 1. The number of hydrogen-bond donors (Lipinski definition) is 24. The van der Waals surface area contributed by atoms with Gasteiger partial charge in [0.2, 0.25) is 94.5 Å². The number of aromatic nitrogens is 1. The number of aliphatic carboxylic acids is 4. The number of H-pyrrole nitrogens is 1. The minimum atomic E-state index is -1.95. The predicted octanol–water partition coefficient (Wildman–Crippen LogP) is -5.96. The van der Waals surface area contributed by atoms with Gasteiger partial charge < -0.3 is 124 Å². The Labute approximate surface area is 674 Å². The minimum absolute atomic E-state index is 0.0337. The van der Waals surface area contributed by atoms with Gasteiger partial charge in [0, 0.05) is 102 Å². The molecule has 44 heteroatoms. The third-order valence-corrected chi connectivity index (χ3v) is 17.4. The molecule has 1 aromatic heterocycles. The Bertz CT molecular complexity index is 4240. The summed E-state index contributed by atoms with van der Waals surface area (Å²) in [5.74, 6) is -22.9. The van der Waals surface area contributed by atoms with Crippen LogP contribution in [-0.2, 0) is 115 Å². The highest BCUT2D eigenvalue weighted by molar-refractivity contribution is 6.01. The van der Waals surface area contributed by atoms with Gasteiger partial charge in [0.15, 0.2) is 5.96 Å². The van der Waals surface area contributed by atoms with Gasteiger partial charge in [0.25, 0.3) is 5.97 Å². The van der Waals surface area contributed by atoms with Crippen LogP contribution < -0.4 is 98.2 Å². The van der Waals surface area contributed by atoms with E-state index >= 15 is 9.59 Å². The lowest BCUT2D eigenvalue weighted by Gasteiger charge is -2.28. The van der Waals surface area contributed by atoms with Crippen LogP contribution in [-0.4, -0.2) is 223 Å². The highest BCUT2D eigenvalue weighted by atomic mass is 16.4. The minimum Gasteiger partial charge on any atom is -0.481 e. The van der Waals surface area contributed by atoms with Crippen molar-refractivity contribution in [3.05, 3.63) is 108 Å². The summed E-state index contributed by atoms with van der Waals surface area (Å²) in [4.78, 5) is 266. The second-order valence-corrected chi connectivity index (χ2v) is 27.0. The molecular formula is C74H102N20O24. The number of carbonyl (C=O) groups excluding carboxylic acids is 16. The van der Waals surface area contributed by atoms with Crippen molar-refractivity contribution in [1.29, 1.82) is 5.41 Å². The van der Waals surface area contributed by atoms with Crippen molar-refractivity contribution in [3.63, 3.8) is 0 Å². The van der Waals surface area contributed by atoms with E-state index in [9.17, 15) is 96.8 Å². The lowest BCUT2D eigenvalue weighted by Crippen LogP contribution is -2.61. The molecule has 0 aliphatic rings. The lowest BCUT2D eigenvalue weighted by molar-refractivity contribution is -0.139. The van der Waals surface area contributed by atoms with E-state index < -0.39 is 281 Å². The number of para-hydroxylation sites is 1. The first-order valence-electron chi connectivity index (χ1n) is 36.9. The van der Waals surface area contributed by atoms with Gasteiger partial charge in [0.1, 0.15) is 66.5 Å². The standard InChI is InChI=1S/C72H98N20O22.C2H4O2/c1-37(93)82-45(19-26-55(74)95)63(106)85-47(21-28-57(76)97)65(108)84-44(17-10-32-80-72(78)79)62(105)90-51(33-38-11-4-2-5-12-38)69(112)88-50(24-31-60(102)103)68(111)92-53(35-40-36-81-42-16-9-8-15-41(40)42)71(114)89-49(23-30-59(100)101)67(110)91-52(34-39-13-6-3-7-14-39)70(113)87-48(22-29-58(98)99)66(109)86-46(20-27-56(75)96)64(107)83-43(61(77)104)18-25-54(73)94;1-2(3)4/h2-9,11-16,36,43-53,81H,10,17-35H2,1H3,(H2,73,94)(H2,74,95)(H2,75,96)(H2,76,97)(H2,77,104)(H,82,93)(H,83,107)(H,84,108)(H,85,106)(H,86,109)(H,87,113)(H,88,112)(H,89,114)(H,90,105)(H,91,110)(H,92,111)(H,98,99)(H,100,101)(H,102,103)(H4,78,79,80);1H3,(H,3,4)/t43-,44-,45-,46-,47-,48-,49-,50-,51-,52-,53-;/m0./s1. The van der Waals surface area contributed by atoms with Gasteiger partial charge in [-0.3, -0.25) is 101 Å². The van der Waals surface area contributed by atoms with Crippen molar-refractivity contribution < 1.29 is 116 Å². The molecule has 1 heterocycles. The van der Waals surface area contributed by atoms with Crippen LogP contribution in [0, 0.1) is 5.41 Å². The average Bonchev–Trinajstić information content (AvgIpc) is 1.75. The number of primary amides is 5. The fourth-order valence-corrected chi connectivity index (χ4v) is 11.5. The number of hydrogen-bond acceptors (Lipinski definition) is 21. The van der Waals surface area contributed by atoms with E-state index in [2.05, 4.69) is 68.8 Å². The number of rotatable bonds is 53. The van der Waals surface area contributed by atoms with E-state index in [1.54, 1.807) is 72.8 Å². The van der Waals surface area contributed by atoms with Crippen molar-refractivity contribution >= 4 is 135 Å². The number of guanidine groups is 1. The largest absolute Gasteiger partial charge is 0.481 e. The summed E-state index contributed by atoms with van der Waals surface area (Å²) in [5, 5.41) is 74.4. The summed E-state index contributed by atoms with van der Waals surface area (Å²) in [6, 6.07) is 3.05. The second-order valence-electron chi connectivity index (χ2n) is 27.0. The summed E-state index contributed by atoms with van der Waals surface area (Å²) >= 11 is 0. The number of fused-ring (bicyclic) bond motifs is 1. The first kappa shape index (κ1) is 98.1. The van der Waals surface area contributed by atoms with Crippen LogP contribution in [0.25, 0.3) is 10.9 Å². The van der Waals surface area contributed by atoms with Crippen LogP contribution in [0.4, 0.5) is 0 Å². The summed E-state index contributed by atoms with van der Waals surface area (Å²) in [6.45, 7) is 2.09. The summed E-state index contributed by atoms with van der Waals surface area (Å²) in [5.41, 5.74) is 33.8. The summed E-state index contributed by atoms with van der Waals surface area (Å²) in [7, 11) is 0. The molecule has 0 fully saturated rings. The van der Waals surface area contributed by atoms with Crippen molar-refractivity contribution in [2.45, 2.75) is 202 Å². The molecule has 642 valence electrons. The number of carbonyl (C=O) groups is 20. The Hall–Kier alpha value is -14.1. The van der Waals surface area contributed by atoms with Crippen LogP contribution in [0.2, 0.25) is 0 Å². The summed E-state index contributed by atoms with van der Waals surface area (Å²) < 4.78 is 0. The smallest absolute Gasteiger partial charge is 0.303 e. The quantitative estimate of drug-likeness (QED) is 0.0111. The molecule has 0 bridgehead atoms. The normalized spacial score (nSPS) is 13.5. The summed E-state index contributed by atoms with van der Waals surface area (Å²) in [6.07, 6.45) is -8.46. The molecular weight excluding hydrogens is 1550 g/mol. The molecule has 0 aliphatic carbocycles. The van der Waals surface area contributed by atoms with Gasteiger partial charge in [-0.2, -0.15) is 0 Å². The highest BCUT2D eigenvalue weighted by Crippen LogP contribution is 2.21. The maximum atomic E-state index is 15.1.